The van der Waals surface area contributed by atoms with E-state index < -0.39 is 12.0 Å². The quantitative estimate of drug-likeness (QED) is 0.809. The van der Waals surface area contributed by atoms with Gasteiger partial charge in [0, 0.05) is 12.6 Å². The Morgan fingerprint density at radius 3 is 2.50 bits per heavy atom. The third kappa shape index (κ3) is 3.62. The van der Waals surface area contributed by atoms with Crippen LogP contribution in [0.4, 0.5) is 4.79 Å². The van der Waals surface area contributed by atoms with Gasteiger partial charge in [-0.2, -0.15) is 0 Å². The summed E-state index contributed by atoms with van der Waals surface area (Å²) in [7, 11) is 0. The molecule has 1 aliphatic heterocycles. The molecule has 1 aliphatic rings. The number of carboxylic acids is 1. The van der Waals surface area contributed by atoms with Crippen molar-refractivity contribution in [2.45, 2.75) is 58.5 Å². The lowest BCUT2D eigenvalue weighted by atomic mass is 9.93. The maximum absolute atomic E-state index is 12.1. The Balaban J connectivity index is 2.67. The number of carboxylic acid groups (broad SMARTS) is 1. The lowest BCUT2D eigenvalue weighted by molar-refractivity contribution is -0.143. The predicted molar refractivity (Wildman–Crippen MR) is 69.4 cm³/mol. The summed E-state index contributed by atoms with van der Waals surface area (Å²) >= 11 is 0. The van der Waals surface area contributed by atoms with Gasteiger partial charge < -0.3 is 15.3 Å². The summed E-state index contributed by atoms with van der Waals surface area (Å²) in [5.41, 5.74) is 0. The van der Waals surface area contributed by atoms with Crippen LogP contribution in [0, 0.1) is 5.92 Å². The molecule has 0 spiro atoms. The first-order chi connectivity index (χ1) is 8.49. The maximum atomic E-state index is 12.1. The number of nitrogens with zero attached hydrogens (tertiary/aromatic N) is 1. The van der Waals surface area contributed by atoms with Crippen molar-refractivity contribution in [3.05, 3.63) is 0 Å². The van der Waals surface area contributed by atoms with Crippen LogP contribution in [0.15, 0.2) is 0 Å². The zero-order valence-corrected chi connectivity index (χ0v) is 11.5. The van der Waals surface area contributed by atoms with Crippen molar-refractivity contribution in [1.82, 2.24) is 10.2 Å². The van der Waals surface area contributed by atoms with Crippen LogP contribution in [0.3, 0.4) is 0 Å². The SMILES string of the molecule is CCC(CC)NC(=O)N1CCC(C)CC1C(=O)O. The van der Waals surface area contributed by atoms with Crippen molar-refractivity contribution in [2.75, 3.05) is 6.54 Å². The molecule has 0 aromatic heterocycles. The third-order valence-corrected chi connectivity index (χ3v) is 3.72. The number of hydrogen-bond donors (Lipinski definition) is 2. The molecule has 1 fully saturated rings. The van der Waals surface area contributed by atoms with Gasteiger partial charge in [-0.3, -0.25) is 0 Å². The first kappa shape index (κ1) is 14.8. The standard InChI is InChI=1S/C13H24N2O3/c1-4-10(5-2)14-13(18)15-7-6-9(3)8-11(15)12(16)17/h9-11H,4-8H2,1-3H3,(H,14,18)(H,16,17). The van der Waals surface area contributed by atoms with Gasteiger partial charge in [-0.05, 0) is 31.6 Å². The fourth-order valence-corrected chi connectivity index (χ4v) is 2.37. The Bertz CT molecular complexity index is 303. The van der Waals surface area contributed by atoms with E-state index in [0.717, 1.165) is 19.3 Å². The first-order valence-electron chi connectivity index (χ1n) is 6.79. The van der Waals surface area contributed by atoms with Crippen LogP contribution in [0.5, 0.6) is 0 Å². The fourth-order valence-electron chi connectivity index (χ4n) is 2.37. The molecule has 104 valence electrons. The van der Waals surface area contributed by atoms with Crippen LogP contribution in [-0.4, -0.2) is 40.6 Å². The highest BCUT2D eigenvalue weighted by molar-refractivity contribution is 5.83. The fraction of sp³-hybridized carbons (Fsp3) is 0.846. The molecule has 2 unspecified atom stereocenters. The van der Waals surface area contributed by atoms with E-state index in [4.69, 9.17) is 0 Å². The predicted octanol–water partition coefficient (Wildman–Crippen LogP) is 2.07. The van der Waals surface area contributed by atoms with Gasteiger partial charge in [-0.25, -0.2) is 9.59 Å². The summed E-state index contributed by atoms with van der Waals surface area (Å²) in [5, 5.41) is 12.1. The van der Waals surface area contributed by atoms with E-state index in [9.17, 15) is 14.7 Å². The monoisotopic (exact) mass is 256 g/mol. The molecule has 1 heterocycles. The largest absolute Gasteiger partial charge is 0.480 e. The number of likely N-dealkylation sites (tertiary alicyclic amines) is 1. The highest BCUT2D eigenvalue weighted by Crippen LogP contribution is 2.22. The van der Waals surface area contributed by atoms with Gasteiger partial charge in [0.2, 0.25) is 0 Å². The van der Waals surface area contributed by atoms with E-state index in [2.05, 4.69) is 5.32 Å². The Kier molecular flexibility index (Phi) is 5.44. The lowest BCUT2D eigenvalue weighted by Gasteiger charge is -2.36. The average molecular weight is 256 g/mol. The number of rotatable bonds is 4. The zero-order valence-electron chi connectivity index (χ0n) is 11.5. The Morgan fingerprint density at radius 2 is 2.00 bits per heavy atom. The highest BCUT2D eigenvalue weighted by Gasteiger charge is 2.35. The van der Waals surface area contributed by atoms with Crippen LogP contribution in [0.2, 0.25) is 0 Å². The summed E-state index contributed by atoms with van der Waals surface area (Å²) in [6.07, 6.45) is 3.15. The molecule has 0 aliphatic carbocycles. The van der Waals surface area contributed by atoms with Crippen LogP contribution < -0.4 is 5.32 Å². The Morgan fingerprint density at radius 1 is 1.39 bits per heavy atom. The molecule has 1 saturated heterocycles. The number of piperidine rings is 1. The van der Waals surface area contributed by atoms with E-state index in [0.29, 0.717) is 18.9 Å². The van der Waals surface area contributed by atoms with Crippen molar-refractivity contribution >= 4 is 12.0 Å². The van der Waals surface area contributed by atoms with Gasteiger partial charge >= 0.3 is 12.0 Å². The third-order valence-electron chi connectivity index (χ3n) is 3.72. The molecule has 0 aromatic rings. The molecule has 1 rings (SSSR count). The molecule has 2 N–H and O–H groups in total. The van der Waals surface area contributed by atoms with Crippen LogP contribution in [0.25, 0.3) is 0 Å². The van der Waals surface area contributed by atoms with Gasteiger partial charge in [0.15, 0.2) is 0 Å². The maximum Gasteiger partial charge on any atom is 0.326 e. The van der Waals surface area contributed by atoms with Crippen LogP contribution in [-0.2, 0) is 4.79 Å². The second kappa shape index (κ2) is 6.61. The number of urea groups is 1. The lowest BCUT2D eigenvalue weighted by Crippen LogP contribution is -2.54. The molecule has 0 aromatic carbocycles. The topological polar surface area (TPSA) is 69.6 Å². The molecule has 0 saturated carbocycles. The molecule has 5 nitrogen and oxygen atoms in total. The van der Waals surface area contributed by atoms with E-state index in [1.54, 1.807) is 0 Å². The second-order valence-corrected chi connectivity index (χ2v) is 5.14. The minimum atomic E-state index is -0.902. The van der Waals surface area contributed by atoms with Crippen molar-refractivity contribution < 1.29 is 14.7 Å². The normalized spacial score (nSPS) is 24.1. The van der Waals surface area contributed by atoms with Crippen molar-refractivity contribution in [3.8, 4) is 0 Å². The number of hydrogen-bond acceptors (Lipinski definition) is 2. The summed E-state index contributed by atoms with van der Waals surface area (Å²) in [5.74, 6) is -0.537. The smallest absolute Gasteiger partial charge is 0.326 e. The first-order valence-corrected chi connectivity index (χ1v) is 6.79. The minimum absolute atomic E-state index is 0.131. The van der Waals surface area contributed by atoms with Crippen molar-refractivity contribution in [2.24, 2.45) is 5.92 Å². The van der Waals surface area contributed by atoms with Crippen molar-refractivity contribution in [1.29, 1.82) is 0 Å². The summed E-state index contributed by atoms with van der Waals surface area (Å²) < 4.78 is 0. The molecule has 0 bridgehead atoms. The Labute approximate surface area is 109 Å². The van der Waals surface area contributed by atoms with E-state index in [1.807, 2.05) is 20.8 Å². The molecule has 2 atom stereocenters. The van der Waals surface area contributed by atoms with Gasteiger partial charge in [-0.1, -0.05) is 20.8 Å². The summed E-state index contributed by atoms with van der Waals surface area (Å²) in [6.45, 7) is 6.60. The van der Waals surface area contributed by atoms with Crippen LogP contribution >= 0.6 is 0 Å². The second-order valence-electron chi connectivity index (χ2n) is 5.14. The molecular formula is C13H24N2O3. The highest BCUT2D eigenvalue weighted by atomic mass is 16.4. The van der Waals surface area contributed by atoms with Gasteiger partial charge in [0.1, 0.15) is 6.04 Å². The van der Waals surface area contributed by atoms with Gasteiger partial charge in [-0.15, -0.1) is 0 Å². The van der Waals surface area contributed by atoms with E-state index in [1.165, 1.54) is 4.90 Å². The van der Waals surface area contributed by atoms with E-state index in [-0.39, 0.29) is 12.1 Å². The van der Waals surface area contributed by atoms with Crippen LogP contribution in [0.1, 0.15) is 46.5 Å². The molecular weight excluding hydrogens is 232 g/mol. The summed E-state index contributed by atoms with van der Waals surface area (Å²) in [6, 6.07) is -0.780. The van der Waals surface area contributed by atoms with E-state index >= 15 is 0 Å². The average Bonchev–Trinajstić information content (AvgIpc) is 2.35. The zero-order chi connectivity index (χ0) is 13.7. The number of nitrogens with one attached hydrogen (secondary N) is 1. The number of amides is 2. The molecule has 0 radical (unpaired) electrons. The molecule has 2 amide bonds. The molecule has 18 heavy (non-hydrogen) atoms. The minimum Gasteiger partial charge on any atom is -0.480 e. The number of carbonyl (C=O) groups is 2. The van der Waals surface area contributed by atoms with Gasteiger partial charge in [0.25, 0.3) is 0 Å². The van der Waals surface area contributed by atoms with Gasteiger partial charge in [0.05, 0.1) is 0 Å². The molecule has 5 heteroatoms. The number of aliphatic carboxylic acids is 1. The summed E-state index contributed by atoms with van der Waals surface area (Å²) in [4.78, 5) is 24.8. The number of carbonyl (C=O) groups excluding carboxylic acids is 1. The Hall–Kier alpha value is -1.26. The van der Waals surface area contributed by atoms with Crippen molar-refractivity contribution in [3.63, 3.8) is 0 Å².